The zero-order valence-electron chi connectivity index (χ0n) is 9.37. The number of nitrogens with zero attached hydrogens (tertiary/aromatic N) is 1. The number of carbonyl (C=O) groups is 1. The topological polar surface area (TPSA) is 41.6 Å². The molecule has 1 amide bonds. The monoisotopic (exact) mass is 212 g/mol. The van der Waals surface area contributed by atoms with Gasteiger partial charge in [-0.05, 0) is 19.3 Å². The van der Waals surface area contributed by atoms with Gasteiger partial charge in [0.1, 0.15) is 0 Å². The number of amides is 1. The SMILES string of the molecule is CCCC1NCN(CC2CCCO2)C1=O. The number of carbonyl (C=O) groups excluding carboxylic acids is 1. The average molecular weight is 212 g/mol. The van der Waals surface area contributed by atoms with E-state index in [2.05, 4.69) is 12.2 Å². The van der Waals surface area contributed by atoms with E-state index in [0.29, 0.717) is 6.67 Å². The summed E-state index contributed by atoms with van der Waals surface area (Å²) in [6.07, 6.45) is 4.51. The quantitative estimate of drug-likeness (QED) is 0.746. The Morgan fingerprint density at radius 3 is 3.13 bits per heavy atom. The predicted octanol–water partition coefficient (Wildman–Crippen LogP) is 0.723. The third-order valence-corrected chi connectivity index (χ3v) is 3.16. The van der Waals surface area contributed by atoms with Crippen LogP contribution in [0.25, 0.3) is 0 Å². The van der Waals surface area contributed by atoms with Gasteiger partial charge in [0, 0.05) is 13.2 Å². The van der Waals surface area contributed by atoms with Gasteiger partial charge >= 0.3 is 0 Å². The number of hydrogen-bond donors (Lipinski definition) is 1. The molecular weight excluding hydrogens is 192 g/mol. The van der Waals surface area contributed by atoms with E-state index < -0.39 is 0 Å². The number of hydrogen-bond acceptors (Lipinski definition) is 3. The minimum atomic E-state index is 0.0522. The van der Waals surface area contributed by atoms with E-state index in [1.165, 1.54) is 0 Å². The number of nitrogens with one attached hydrogen (secondary N) is 1. The molecular formula is C11H20N2O2. The molecule has 86 valence electrons. The lowest BCUT2D eigenvalue weighted by molar-refractivity contribution is -0.130. The van der Waals surface area contributed by atoms with Crippen LogP contribution in [0.15, 0.2) is 0 Å². The van der Waals surface area contributed by atoms with Crippen LogP contribution in [0.3, 0.4) is 0 Å². The van der Waals surface area contributed by atoms with Gasteiger partial charge < -0.3 is 9.64 Å². The molecule has 2 saturated heterocycles. The molecule has 0 spiro atoms. The smallest absolute Gasteiger partial charge is 0.240 e. The Balaban J connectivity index is 1.81. The molecule has 1 N–H and O–H groups in total. The third-order valence-electron chi connectivity index (χ3n) is 3.16. The zero-order chi connectivity index (χ0) is 10.7. The van der Waals surface area contributed by atoms with E-state index in [0.717, 1.165) is 38.8 Å². The van der Waals surface area contributed by atoms with Gasteiger partial charge in [-0.1, -0.05) is 13.3 Å². The van der Waals surface area contributed by atoms with Crippen molar-refractivity contribution >= 4 is 5.91 Å². The van der Waals surface area contributed by atoms with E-state index in [4.69, 9.17) is 4.74 Å². The van der Waals surface area contributed by atoms with E-state index >= 15 is 0 Å². The summed E-state index contributed by atoms with van der Waals surface area (Å²) >= 11 is 0. The summed E-state index contributed by atoms with van der Waals surface area (Å²) in [5.74, 6) is 0.257. The van der Waals surface area contributed by atoms with Gasteiger partial charge in [0.15, 0.2) is 0 Å². The summed E-state index contributed by atoms with van der Waals surface area (Å²) in [5, 5.41) is 3.25. The molecule has 0 radical (unpaired) electrons. The molecule has 2 aliphatic rings. The van der Waals surface area contributed by atoms with Crippen molar-refractivity contribution in [3.05, 3.63) is 0 Å². The lowest BCUT2D eigenvalue weighted by Crippen LogP contribution is -2.35. The first kappa shape index (κ1) is 10.9. The first-order chi connectivity index (χ1) is 7.31. The van der Waals surface area contributed by atoms with Crippen molar-refractivity contribution in [3.63, 3.8) is 0 Å². The van der Waals surface area contributed by atoms with Crippen LogP contribution in [0.2, 0.25) is 0 Å². The van der Waals surface area contributed by atoms with Crippen molar-refractivity contribution in [2.45, 2.75) is 44.8 Å². The fourth-order valence-electron chi connectivity index (χ4n) is 2.31. The fourth-order valence-corrected chi connectivity index (χ4v) is 2.31. The predicted molar refractivity (Wildman–Crippen MR) is 57.4 cm³/mol. The molecule has 0 aromatic carbocycles. The van der Waals surface area contributed by atoms with Crippen molar-refractivity contribution in [2.75, 3.05) is 19.8 Å². The van der Waals surface area contributed by atoms with Crippen LogP contribution in [0.4, 0.5) is 0 Å². The van der Waals surface area contributed by atoms with Crippen molar-refractivity contribution in [1.82, 2.24) is 10.2 Å². The average Bonchev–Trinajstić information content (AvgIpc) is 2.83. The molecule has 0 bridgehead atoms. The molecule has 2 atom stereocenters. The molecule has 4 heteroatoms. The van der Waals surface area contributed by atoms with Gasteiger partial charge in [0.25, 0.3) is 0 Å². The first-order valence-electron chi connectivity index (χ1n) is 5.95. The largest absolute Gasteiger partial charge is 0.376 e. The van der Waals surface area contributed by atoms with Crippen LogP contribution in [0, 0.1) is 0 Å². The van der Waals surface area contributed by atoms with Crippen molar-refractivity contribution in [3.8, 4) is 0 Å². The van der Waals surface area contributed by atoms with Crippen molar-refractivity contribution < 1.29 is 9.53 Å². The van der Waals surface area contributed by atoms with Gasteiger partial charge in [-0.2, -0.15) is 0 Å². The van der Waals surface area contributed by atoms with Gasteiger partial charge in [-0.15, -0.1) is 0 Å². The second kappa shape index (κ2) is 4.94. The number of rotatable bonds is 4. The normalized spacial score (nSPS) is 31.5. The molecule has 2 unspecified atom stereocenters. The summed E-state index contributed by atoms with van der Waals surface area (Å²) in [7, 11) is 0. The van der Waals surface area contributed by atoms with E-state index in [1.54, 1.807) is 0 Å². The van der Waals surface area contributed by atoms with E-state index in [9.17, 15) is 4.79 Å². The van der Waals surface area contributed by atoms with Gasteiger partial charge in [-0.25, -0.2) is 0 Å². The molecule has 15 heavy (non-hydrogen) atoms. The Morgan fingerprint density at radius 1 is 1.60 bits per heavy atom. The molecule has 0 saturated carbocycles. The lowest BCUT2D eigenvalue weighted by Gasteiger charge is -2.19. The van der Waals surface area contributed by atoms with Crippen LogP contribution >= 0.6 is 0 Å². The van der Waals surface area contributed by atoms with Gasteiger partial charge in [0.2, 0.25) is 5.91 Å². The van der Waals surface area contributed by atoms with E-state index in [1.807, 2.05) is 4.90 Å². The highest BCUT2D eigenvalue weighted by Crippen LogP contribution is 2.16. The fraction of sp³-hybridized carbons (Fsp3) is 0.909. The Morgan fingerprint density at radius 2 is 2.47 bits per heavy atom. The standard InChI is InChI=1S/C11H20N2O2/c1-2-4-10-11(14)13(8-12-10)7-9-5-3-6-15-9/h9-10,12H,2-8H2,1H3. The Bertz CT molecular complexity index is 227. The summed E-state index contributed by atoms with van der Waals surface area (Å²) < 4.78 is 5.54. The van der Waals surface area contributed by atoms with Gasteiger partial charge in [-0.3, -0.25) is 10.1 Å². The summed E-state index contributed by atoms with van der Waals surface area (Å²) in [6.45, 7) is 4.44. The van der Waals surface area contributed by atoms with Crippen LogP contribution < -0.4 is 5.32 Å². The lowest BCUT2D eigenvalue weighted by atomic mass is 10.1. The highest BCUT2D eigenvalue weighted by molar-refractivity contribution is 5.83. The molecule has 4 nitrogen and oxygen atoms in total. The molecule has 0 aliphatic carbocycles. The molecule has 2 heterocycles. The highest BCUT2D eigenvalue weighted by atomic mass is 16.5. The minimum Gasteiger partial charge on any atom is -0.376 e. The van der Waals surface area contributed by atoms with Crippen LogP contribution in [0.5, 0.6) is 0 Å². The Hall–Kier alpha value is -0.610. The summed E-state index contributed by atoms with van der Waals surface area (Å²) in [6, 6.07) is 0.0522. The molecule has 2 fully saturated rings. The van der Waals surface area contributed by atoms with Crippen molar-refractivity contribution in [2.24, 2.45) is 0 Å². The third kappa shape index (κ3) is 2.49. The Kier molecular flexibility index (Phi) is 3.59. The number of ether oxygens (including phenoxy) is 1. The van der Waals surface area contributed by atoms with E-state index in [-0.39, 0.29) is 18.1 Å². The summed E-state index contributed by atoms with van der Waals surface area (Å²) in [4.78, 5) is 13.8. The zero-order valence-corrected chi connectivity index (χ0v) is 9.37. The molecule has 2 rings (SSSR count). The minimum absolute atomic E-state index is 0.0522. The van der Waals surface area contributed by atoms with Crippen LogP contribution in [-0.2, 0) is 9.53 Å². The van der Waals surface area contributed by atoms with Crippen LogP contribution in [-0.4, -0.2) is 42.8 Å². The highest BCUT2D eigenvalue weighted by Gasteiger charge is 2.32. The second-order valence-corrected chi connectivity index (χ2v) is 4.40. The molecule has 2 aliphatic heterocycles. The maximum Gasteiger partial charge on any atom is 0.240 e. The maximum absolute atomic E-state index is 11.9. The second-order valence-electron chi connectivity index (χ2n) is 4.40. The van der Waals surface area contributed by atoms with Gasteiger partial charge in [0.05, 0.1) is 18.8 Å². The summed E-state index contributed by atoms with van der Waals surface area (Å²) in [5.41, 5.74) is 0. The molecule has 0 aromatic heterocycles. The first-order valence-corrected chi connectivity index (χ1v) is 5.95. The maximum atomic E-state index is 11.9. The Labute approximate surface area is 91.0 Å². The molecule has 0 aromatic rings. The van der Waals surface area contributed by atoms with Crippen LogP contribution in [0.1, 0.15) is 32.6 Å². The van der Waals surface area contributed by atoms with Crippen molar-refractivity contribution in [1.29, 1.82) is 0 Å².